The first-order chi connectivity index (χ1) is 15.3. The second kappa shape index (κ2) is 9.57. The molecular weight excluding hydrogens is 447 g/mol. The van der Waals surface area contributed by atoms with Gasteiger partial charge in [0.15, 0.2) is 11.0 Å². The summed E-state index contributed by atoms with van der Waals surface area (Å²) >= 11 is 0. The zero-order chi connectivity index (χ0) is 23.0. The van der Waals surface area contributed by atoms with E-state index in [4.69, 9.17) is 9.47 Å². The molecule has 11 heteroatoms. The van der Waals surface area contributed by atoms with Gasteiger partial charge in [-0.15, -0.1) is 5.10 Å². The summed E-state index contributed by atoms with van der Waals surface area (Å²) in [5.41, 5.74) is 3.83. The summed E-state index contributed by atoms with van der Waals surface area (Å²) in [5, 5.41) is 8.18. The Morgan fingerprint density at radius 3 is 2.64 bits per heavy atom. The minimum Gasteiger partial charge on any atom is -0.479 e. The third kappa shape index (κ3) is 4.40. The van der Waals surface area contributed by atoms with Gasteiger partial charge < -0.3 is 9.47 Å². The van der Waals surface area contributed by atoms with E-state index in [-0.39, 0.29) is 49.1 Å². The van der Waals surface area contributed by atoms with Gasteiger partial charge in [-0.3, -0.25) is 0 Å². The number of benzene rings is 1. The van der Waals surface area contributed by atoms with Crippen molar-refractivity contribution in [2.75, 3.05) is 13.7 Å². The standard InChI is InChI=1S/C22H23FN6O3.H2S/c1-6-32-21(30)16-10-24-28(11-16)22-25-17-18(20(26-22)31-5)29(27-19(17)23)14(4)15-8-7-12(2)13(3)9-15;/h7-11,14H,6H2,1-5H3;1H2/t14-;/m0./s1. The first-order valence-electron chi connectivity index (χ1n) is 10.1. The Morgan fingerprint density at radius 2 is 1.97 bits per heavy atom. The molecule has 0 aliphatic rings. The predicted octanol–water partition coefficient (Wildman–Crippen LogP) is 3.68. The predicted molar refractivity (Wildman–Crippen MR) is 125 cm³/mol. The summed E-state index contributed by atoms with van der Waals surface area (Å²) in [5.74, 6) is -1.09. The second-order valence-electron chi connectivity index (χ2n) is 7.38. The van der Waals surface area contributed by atoms with Crippen LogP contribution in [0.3, 0.4) is 0 Å². The van der Waals surface area contributed by atoms with Gasteiger partial charge >= 0.3 is 5.97 Å². The van der Waals surface area contributed by atoms with Crippen LogP contribution >= 0.6 is 13.5 Å². The number of hydrogen-bond acceptors (Lipinski definition) is 7. The first-order valence-corrected chi connectivity index (χ1v) is 10.1. The molecule has 0 saturated heterocycles. The minimum absolute atomic E-state index is 0. The lowest BCUT2D eigenvalue weighted by Crippen LogP contribution is -2.11. The molecule has 0 N–H and O–H groups in total. The van der Waals surface area contributed by atoms with Gasteiger partial charge in [-0.1, -0.05) is 18.2 Å². The van der Waals surface area contributed by atoms with E-state index in [0.717, 1.165) is 11.1 Å². The number of aromatic nitrogens is 6. The van der Waals surface area contributed by atoms with Crippen molar-refractivity contribution in [1.29, 1.82) is 0 Å². The number of rotatable bonds is 6. The number of nitrogens with zero attached hydrogens (tertiary/aromatic N) is 6. The van der Waals surface area contributed by atoms with E-state index >= 15 is 0 Å². The van der Waals surface area contributed by atoms with Gasteiger partial charge in [0, 0.05) is 6.20 Å². The van der Waals surface area contributed by atoms with E-state index in [0.29, 0.717) is 5.52 Å². The summed E-state index contributed by atoms with van der Waals surface area (Å²) < 4.78 is 28.1. The molecule has 33 heavy (non-hydrogen) atoms. The Balaban J connectivity index is 0.00000306. The molecule has 1 atom stereocenters. The lowest BCUT2D eigenvalue weighted by molar-refractivity contribution is 0.0526. The van der Waals surface area contributed by atoms with Crippen molar-refractivity contribution in [3.05, 3.63) is 58.8 Å². The molecule has 0 unspecified atom stereocenters. The summed E-state index contributed by atoms with van der Waals surface area (Å²) in [6.07, 6.45) is 2.75. The number of esters is 1. The second-order valence-corrected chi connectivity index (χ2v) is 7.38. The molecule has 3 aromatic heterocycles. The van der Waals surface area contributed by atoms with Gasteiger partial charge in [0.1, 0.15) is 0 Å². The van der Waals surface area contributed by atoms with Gasteiger partial charge in [0.25, 0.3) is 11.9 Å². The Morgan fingerprint density at radius 1 is 1.21 bits per heavy atom. The molecule has 0 amide bonds. The molecule has 0 bridgehead atoms. The van der Waals surface area contributed by atoms with Crippen LogP contribution in [0.4, 0.5) is 4.39 Å². The number of methoxy groups -OCH3 is 1. The van der Waals surface area contributed by atoms with Crippen molar-refractivity contribution >= 4 is 30.5 Å². The molecule has 4 aromatic rings. The van der Waals surface area contributed by atoms with Crippen LogP contribution in [0.1, 0.15) is 46.9 Å². The first kappa shape index (κ1) is 24.2. The Kier molecular flexibility index (Phi) is 7.01. The van der Waals surface area contributed by atoms with Crippen molar-refractivity contribution in [3.63, 3.8) is 0 Å². The number of ether oxygens (including phenoxy) is 2. The molecule has 3 heterocycles. The Hall–Kier alpha value is -3.47. The molecule has 0 aliphatic carbocycles. The van der Waals surface area contributed by atoms with Crippen molar-refractivity contribution in [1.82, 2.24) is 29.5 Å². The quantitative estimate of drug-likeness (QED) is 0.395. The van der Waals surface area contributed by atoms with Crippen LogP contribution in [0, 0.1) is 19.8 Å². The van der Waals surface area contributed by atoms with Crippen molar-refractivity contribution < 1.29 is 18.7 Å². The van der Waals surface area contributed by atoms with Crippen molar-refractivity contribution in [3.8, 4) is 11.8 Å². The van der Waals surface area contributed by atoms with E-state index in [1.807, 2.05) is 39.0 Å². The smallest absolute Gasteiger partial charge is 0.341 e. The fourth-order valence-corrected chi connectivity index (χ4v) is 3.41. The summed E-state index contributed by atoms with van der Waals surface area (Å²) in [6, 6.07) is 5.77. The van der Waals surface area contributed by atoms with Crippen LogP contribution < -0.4 is 4.74 Å². The monoisotopic (exact) mass is 472 g/mol. The average Bonchev–Trinajstić information content (AvgIpc) is 3.40. The summed E-state index contributed by atoms with van der Waals surface area (Å²) in [4.78, 5) is 20.6. The highest BCUT2D eigenvalue weighted by Crippen LogP contribution is 2.30. The third-order valence-corrected chi connectivity index (χ3v) is 5.33. The van der Waals surface area contributed by atoms with Gasteiger partial charge in [-0.2, -0.15) is 28.0 Å². The summed E-state index contributed by atoms with van der Waals surface area (Å²) in [6.45, 7) is 7.93. The zero-order valence-electron chi connectivity index (χ0n) is 19.0. The average molecular weight is 473 g/mol. The van der Waals surface area contributed by atoms with Crippen LogP contribution in [-0.4, -0.2) is 49.2 Å². The van der Waals surface area contributed by atoms with E-state index in [2.05, 4.69) is 20.2 Å². The lowest BCUT2D eigenvalue weighted by Gasteiger charge is -2.16. The van der Waals surface area contributed by atoms with E-state index < -0.39 is 11.9 Å². The highest BCUT2D eigenvalue weighted by Gasteiger charge is 2.24. The normalized spacial score (nSPS) is 11.8. The maximum Gasteiger partial charge on any atom is 0.341 e. The van der Waals surface area contributed by atoms with Gasteiger partial charge in [-0.05, 0) is 44.4 Å². The lowest BCUT2D eigenvalue weighted by atomic mass is 10.0. The van der Waals surface area contributed by atoms with E-state index in [1.54, 1.807) is 6.92 Å². The highest BCUT2D eigenvalue weighted by molar-refractivity contribution is 7.59. The Labute approximate surface area is 197 Å². The summed E-state index contributed by atoms with van der Waals surface area (Å²) in [7, 11) is 1.44. The van der Waals surface area contributed by atoms with Crippen LogP contribution in [0.25, 0.3) is 17.0 Å². The molecule has 0 radical (unpaired) electrons. The molecule has 174 valence electrons. The number of hydrogen-bond donors (Lipinski definition) is 0. The van der Waals surface area contributed by atoms with E-state index in [9.17, 15) is 9.18 Å². The zero-order valence-corrected chi connectivity index (χ0v) is 20.0. The number of halogens is 1. The molecule has 1 aromatic carbocycles. The molecule has 0 fully saturated rings. The fourth-order valence-electron chi connectivity index (χ4n) is 3.41. The van der Waals surface area contributed by atoms with Crippen molar-refractivity contribution in [2.24, 2.45) is 0 Å². The molecule has 4 rings (SSSR count). The highest BCUT2D eigenvalue weighted by atomic mass is 32.1. The molecular formula is C22H25FN6O3S. The van der Waals surface area contributed by atoms with Gasteiger partial charge in [0.2, 0.25) is 5.88 Å². The molecule has 0 spiro atoms. The molecule has 0 saturated carbocycles. The van der Waals surface area contributed by atoms with Crippen LogP contribution in [0.2, 0.25) is 0 Å². The fraction of sp³-hybridized carbons (Fsp3) is 0.318. The largest absolute Gasteiger partial charge is 0.479 e. The van der Waals surface area contributed by atoms with Crippen LogP contribution in [0.5, 0.6) is 5.88 Å². The van der Waals surface area contributed by atoms with Crippen LogP contribution in [0.15, 0.2) is 30.6 Å². The number of carbonyl (C=O) groups is 1. The maximum atomic E-state index is 14.9. The number of carbonyl (C=O) groups excluding carboxylic acids is 1. The topological polar surface area (TPSA) is 96.9 Å². The number of aryl methyl sites for hydroxylation is 2. The van der Waals surface area contributed by atoms with Crippen LogP contribution in [-0.2, 0) is 4.74 Å². The number of fused-ring (bicyclic) bond motifs is 1. The minimum atomic E-state index is -0.754. The molecule has 9 nitrogen and oxygen atoms in total. The van der Waals surface area contributed by atoms with Crippen molar-refractivity contribution in [2.45, 2.75) is 33.7 Å². The third-order valence-electron chi connectivity index (χ3n) is 5.33. The van der Waals surface area contributed by atoms with Gasteiger partial charge in [-0.25, -0.2) is 19.1 Å². The van der Waals surface area contributed by atoms with Gasteiger partial charge in [0.05, 0.1) is 31.5 Å². The SMILES string of the molecule is CCOC(=O)c1cnn(-c2nc(OC)c3c(n2)c(F)nn3[C@@H](C)c2ccc(C)c(C)c2)c1.S. The van der Waals surface area contributed by atoms with E-state index in [1.165, 1.54) is 34.4 Å². The molecule has 0 aliphatic heterocycles. The Bertz CT molecular complexity index is 1320. The maximum absolute atomic E-state index is 14.9.